The van der Waals surface area contributed by atoms with E-state index < -0.39 is 0 Å². The predicted molar refractivity (Wildman–Crippen MR) is 95.5 cm³/mol. The molecule has 0 amide bonds. The van der Waals surface area contributed by atoms with Gasteiger partial charge >= 0.3 is 6.01 Å². The van der Waals surface area contributed by atoms with Crippen molar-refractivity contribution in [1.82, 2.24) is 24.6 Å². The van der Waals surface area contributed by atoms with Crippen LogP contribution in [0, 0.1) is 0 Å². The van der Waals surface area contributed by atoms with Crippen molar-refractivity contribution in [1.29, 1.82) is 0 Å². The lowest BCUT2D eigenvalue weighted by Gasteiger charge is -2.33. The lowest BCUT2D eigenvalue weighted by molar-refractivity contribution is 0.123. The van der Waals surface area contributed by atoms with Gasteiger partial charge in [0.2, 0.25) is 6.79 Å². The molecule has 0 radical (unpaired) electrons. The van der Waals surface area contributed by atoms with Crippen LogP contribution in [0.15, 0.2) is 48.9 Å². The minimum atomic E-state index is 0.0987. The van der Waals surface area contributed by atoms with Crippen molar-refractivity contribution in [2.75, 3.05) is 19.9 Å². The van der Waals surface area contributed by atoms with E-state index in [0.29, 0.717) is 19.4 Å². The summed E-state index contributed by atoms with van der Waals surface area (Å²) in [7, 11) is 0. The molecule has 8 nitrogen and oxygen atoms in total. The second-order valence-corrected chi connectivity index (χ2v) is 6.62. The van der Waals surface area contributed by atoms with Gasteiger partial charge in [0.25, 0.3) is 0 Å². The highest BCUT2D eigenvalue weighted by molar-refractivity contribution is 5.44. The Balaban J connectivity index is 1.30. The van der Waals surface area contributed by atoms with Gasteiger partial charge in [0.05, 0.1) is 11.7 Å². The van der Waals surface area contributed by atoms with Gasteiger partial charge in [-0.15, -0.1) is 0 Å². The van der Waals surface area contributed by atoms with E-state index in [4.69, 9.17) is 14.2 Å². The van der Waals surface area contributed by atoms with Crippen LogP contribution in [0.5, 0.6) is 17.5 Å². The van der Waals surface area contributed by atoms with Crippen molar-refractivity contribution in [2.24, 2.45) is 0 Å². The first-order valence-electron chi connectivity index (χ1n) is 8.88. The van der Waals surface area contributed by atoms with Gasteiger partial charge in [-0.05, 0) is 29.8 Å². The maximum absolute atomic E-state index is 5.78. The summed E-state index contributed by atoms with van der Waals surface area (Å²) in [4.78, 5) is 10.6. The van der Waals surface area contributed by atoms with E-state index in [1.54, 1.807) is 18.5 Å². The van der Waals surface area contributed by atoms with E-state index in [0.717, 1.165) is 31.1 Å². The fraction of sp³-hybridized carbons (Fsp3) is 0.316. The summed E-state index contributed by atoms with van der Waals surface area (Å²) < 4.78 is 18.7. The Labute approximate surface area is 156 Å². The molecule has 0 aliphatic carbocycles. The average molecular weight is 365 g/mol. The highest BCUT2D eigenvalue weighted by Gasteiger charge is 2.27. The predicted octanol–water partition coefficient (Wildman–Crippen LogP) is 2.04. The van der Waals surface area contributed by atoms with Crippen LogP contribution in [0.1, 0.15) is 17.3 Å². The first-order valence-corrected chi connectivity index (χ1v) is 8.88. The minimum Gasteiger partial charge on any atom is -0.461 e. The van der Waals surface area contributed by atoms with E-state index in [1.807, 2.05) is 16.9 Å². The van der Waals surface area contributed by atoms with Crippen LogP contribution in [-0.4, -0.2) is 44.6 Å². The van der Waals surface area contributed by atoms with E-state index in [1.165, 1.54) is 11.3 Å². The Hall–Kier alpha value is -3.13. The largest absolute Gasteiger partial charge is 0.461 e. The van der Waals surface area contributed by atoms with Crippen LogP contribution >= 0.6 is 0 Å². The smallest absolute Gasteiger partial charge is 0.316 e. The molecule has 2 aliphatic rings. The van der Waals surface area contributed by atoms with Gasteiger partial charge < -0.3 is 14.2 Å². The molecule has 1 unspecified atom stereocenters. The minimum absolute atomic E-state index is 0.0987. The van der Waals surface area contributed by atoms with Crippen LogP contribution in [0.25, 0.3) is 0 Å². The van der Waals surface area contributed by atoms with Crippen LogP contribution in [0.2, 0.25) is 0 Å². The second kappa shape index (κ2) is 6.88. The number of hydrogen-bond donors (Lipinski definition) is 0. The maximum Gasteiger partial charge on any atom is 0.316 e. The summed E-state index contributed by atoms with van der Waals surface area (Å²) in [5, 5.41) is 4.47. The van der Waals surface area contributed by atoms with E-state index in [9.17, 15) is 0 Å². The molecule has 2 aliphatic heterocycles. The number of hydrogen-bond acceptors (Lipinski definition) is 7. The van der Waals surface area contributed by atoms with Crippen molar-refractivity contribution in [3.63, 3.8) is 0 Å². The molecule has 0 bridgehead atoms. The fourth-order valence-electron chi connectivity index (χ4n) is 3.54. The van der Waals surface area contributed by atoms with Gasteiger partial charge in [0.1, 0.15) is 6.61 Å². The van der Waals surface area contributed by atoms with Crippen molar-refractivity contribution in [3.8, 4) is 17.5 Å². The quantitative estimate of drug-likeness (QED) is 0.685. The fourth-order valence-corrected chi connectivity index (χ4v) is 3.54. The molecule has 5 rings (SSSR count). The number of ether oxygens (including phenoxy) is 3. The van der Waals surface area contributed by atoms with E-state index >= 15 is 0 Å². The molecule has 1 aromatic carbocycles. The lowest BCUT2D eigenvalue weighted by atomic mass is 10.1. The zero-order valence-electron chi connectivity index (χ0n) is 14.7. The summed E-state index contributed by atoms with van der Waals surface area (Å²) >= 11 is 0. The van der Waals surface area contributed by atoms with Crippen LogP contribution in [-0.2, 0) is 13.1 Å². The third kappa shape index (κ3) is 3.31. The third-order valence-corrected chi connectivity index (χ3v) is 4.74. The summed E-state index contributed by atoms with van der Waals surface area (Å²) in [5.41, 5.74) is 2.36. The van der Waals surface area contributed by atoms with Crippen molar-refractivity contribution < 1.29 is 14.2 Å². The molecule has 0 N–H and O–H groups in total. The molecule has 1 atom stereocenters. The number of nitrogens with zero attached hydrogens (tertiary/aromatic N) is 5. The molecule has 3 aromatic rings. The second-order valence-electron chi connectivity index (χ2n) is 6.62. The number of fused-ring (bicyclic) bond motifs is 2. The zero-order valence-corrected chi connectivity index (χ0v) is 14.7. The number of benzene rings is 1. The topological polar surface area (TPSA) is 74.5 Å². The lowest BCUT2D eigenvalue weighted by Crippen LogP contribution is -2.39. The molecular formula is C19H19N5O3. The third-order valence-electron chi connectivity index (χ3n) is 4.74. The van der Waals surface area contributed by atoms with Gasteiger partial charge in [-0.2, -0.15) is 5.10 Å². The van der Waals surface area contributed by atoms with Crippen LogP contribution < -0.4 is 14.2 Å². The highest BCUT2D eigenvalue weighted by atomic mass is 16.7. The first-order chi connectivity index (χ1) is 13.3. The molecule has 8 heteroatoms. The summed E-state index contributed by atoms with van der Waals surface area (Å²) in [6.07, 6.45) is 5.19. The molecule has 138 valence electrons. The summed E-state index contributed by atoms with van der Waals surface area (Å²) in [6, 6.07) is 10.4. The summed E-state index contributed by atoms with van der Waals surface area (Å²) in [6.45, 7) is 3.25. The molecule has 27 heavy (non-hydrogen) atoms. The molecule has 2 aromatic heterocycles. The monoisotopic (exact) mass is 365 g/mol. The van der Waals surface area contributed by atoms with Crippen LogP contribution in [0.4, 0.5) is 0 Å². The molecule has 4 heterocycles. The first kappa shape index (κ1) is 16.1. The number of aromatic nitrogens is 4. The van der Waals surface area contributed by atoms with Crippen LogP contribution in [0.3, 0.4) is 0 Å². The molecule has 0 saturated heterocycles. The van der Waals surface area contributed by atoms with Gasteiger partial charge in [-0.25, -0.2) is 9.97 Å². The SMILES string of the molecule is c1cnc(OCC2CN(Cc3ccc4c(c3)OCO4)Cc3ccnn32)nc1. The summed E-state index contributed by atoms with van der Waals surface area (Å²) in [5.74, 6) is 1.63. The number of rotatable bonds is 5. The van der Waals surface area contributed by atoms with Crippen molar-refractivity contribution in [3.05, 3.63) is 60.2 Å². The average Bonchev–Trinajstić information content (AvgIpc) is 3.35. The molecule has 0 spiro atoms. The maximum atomic E-state index is 5.78. The van der Waals surface area contributed by atoms with Gasteiger partial charge in [0.15, 0.2) is 11.5 Å². The Morgan fingerprint density at radius 2 is 1.96 bits per heavy atom. The van der Waals surface area contributed by atoms with E-state index in [-0.39, 0.29) is 6.04 Å². The van der Waals surface area contributed by atoms with Gasteiger partial charge in [-0.3, -0.25) is 9.58 Å². The Bertz CT molecular complexity index is 930. The Kier molecular flexibility index (Phi) is 4.10. The van der Waals surface area contributed by atoms with Crippen molar-refractivity contribution in [2.45, 2.75) is 19.1 Å². The zero-order chi connectivity index (χ0) is 18.1. The van der Waals surface area contributed by atoms with Gasteiger partial charge in [-0.1, -0.05) is 6.07 Å². The molecule has 0 saturated carbocycles. The van der Waals surface area contributed by atoms with E-state index in [2.05, 4.69) is 38.2 Å². The normalized spacial score (nSPS) is 18.3. The van der Waals surface area contributed by atoms with Crippen molar-refractivity contribution >= 4 is 0 Å². The van der Waals surface area contributed by atoms with Gasteiger partial charge in [0, 0.05) is 38.2 Å². The Morgan fingerprint density at radius 3 is 2.89 bits per heavy atom. The molecular weight excluding hydrogens is 346 g/mol. The molecule has 0 fully saturated rings. The highest BCUT2D eigenvalue weighted by Crippen LogP contribution is 2.33. The standard InChI is InChI=1S/C19H19N5O3/c1-5-20-19(21-6-1)25-12-16-11-23(10-15-4-7-22-24(15)16)9-14-2-3-17-18(8-14)27-13-26-17/h1-8,16H,9-13H2. The Morgan fingerprint density at radius 1 is 1.07 bits per heavy atom.